The van der Waals surface area contributed by atoms with Crippen LogP contribution in [0.4, 0.5) is 0 Å². The molecule has 1 aliphatic carbocycles. The van der Waals surface area contributed by atoms with E-state index in [1.54, 1.807) is 0 Å². The largest absolute Gasteiger partial charge is 0.304 e. The van der Waals surface area contributed by atoms with Gasteiger partial charge in [-0.2, -0.15) is 0 Å². The van der Waals surface area contributed by atoms with Crippen molar-refractivity contribution in [1.29, 1.82) is 0 Å². The van der Waals surface area contributed by atoms with Crippen LogP contribution in [0.5, 0.6) is 0 Å². The third-order valence-corrected chi connectivity index (χ3v) is 6.35. The monoisotopic (exact) mass is 299 g/mol. The first kappa shape index (κ1) is 13.4. The van der Waals surface area contributed by atoms with Crippen molar-refractivity contribution in [3.05, 3.63) is 34.3 Å². The van der Waals surface area contributed by atoms with Gasteiger partial charge in [0.15, 0.2) is 9.84 Å². The fourth-order valence-electron chi connectivity index (χ4n) is 3.28. The number of hydrogen-bond donors (Lipinski definition) is 1. The Hall–Kier alpha value is -0.580. The molecule has 1 saturated heterocycles. The summed E-state index contributed by atoms with van der Waals surface area (Å²) in [4.78, 5) is 0. The maximum absolute atomic E-state index is 11.7. The normalized spacial score (nSPS) is 32.4. The molecule has 1 aliphatic heterocycles. The first-order valence-electron chi connectivity index (χ1n) is 6.63. The molecule has 1 N–H and O–H groups in total. The molecule has 0 aromatic heterocycles. The minimum atomic E-state index is -2.86. The molecular weight excluding hydrogens is 282 g/mol. The van der Waals surface area contributed by atoms with Crippen LogP contribution in [0.2, 0.25) is 5.02 Å². The summed E-state index contributed by atoms with van der Waals surface area (Å²) < 4.78 is 23.3. The van der Waals surface area contributed by atoms with Crippen LogP contribution in [0, 0.1) is 0 Å². The Kier molecular flexibility index (Phi) is 3.15. The van der Waals surface area contributed by atoms with Crippen molar-refractivity contribution in [3.8, 4) is 0 Å². The van der Waals surface area contributed by atoms with Crippen LogP contribution in [-0.2, 0) is 16.3 Å². The van der Waals surface area contributed by atoms with Crippen LogP contribution in [-0.4, -0.2) is 25.5 Å². The third kappa shape index (κ3) is 2.67. The summed E-state index contributed by atoms with van der Waals surface area (Å²) in [5.74, 6) is 0.552. The van der Waals surface area contributed by atoms with Gasteiger partial charge in [0, 0.05) is 16.6 Å². The predicted octanol–water partition coefficient (Wildman–Crippen LogP) is 2.49. The number of fused-ring (bicyclic) bond motifs is 1. The SMILES string of the molecule is CC1(NC2CCc3cc(Cl)ccc32)CCS(=O)(=O)C1. The molecular formula is C14H18ClNO2S. The summed E-state index contributed by atoms with van der Waals surface area (Å²) in [5, 5.41) is 4.34. The molecule has 104 valence electrons. The van der Waals surface area contributed by atoms with Crippen molar-refractivity contribution < 1.29 is 8.42 Å². The lowest BCUT2D eigenvalue weighted by molar-refractivity contribution is 0.341. The molecule has 3 nitrogen and oxygen atoms in total. The Labute approximate surface area is 119 Å². The van der Waals surface area contributed by atoms with Crippen LogP contribution in [0.1, 0.15) is 36.9 Å². The van der Waals surface area contributed by atoms with Crippen molar-refractivity contribution in [2.45, 2.75) is 37.8 Å². The highest BCUT2D eigenvalue weighted by molar-refractivity contribution is 7.91. The highest BCUT2D eigenvalue weighted by Gasteiger charge is 2.40. The molecule has 0 bridgehead atoms. The van der Waals surface area contributed by atoms with Gasteiger partial charge in [-0.15, -0.1) is 0 Å². The number of rotatable bonds is 2. The van der Waals surface area contributed by atoms with Gasteiger partial charge in [0.25, 0.3) is 0 Å². The highest BCUT2D eigenvalue weighted by atomic mass is 35.5. The molecule has 0 amide bonds. The van der Waals surface area contributed by atoms with E-state index in [0.717, 1.165) is 17.9 Å². The lowest BCUT2D eigenvalue weighted by Gasteiger charge is -2.29. The van der Waals surface area contributed by atoms with Crippen LogP contribution in [0.15, 0.2) is 18.2 Å². The van der Waals surface area contributed by atoms with Crippen LogP contribution in [0.3, 0.4) is 0 Å². The predicted molar refractivity (Wildman–Crippen MR) is 77.3 cm³/mol. The molecule has 0 radical (unpaired) electrons. The van der Waals surface area contributed by atoms with Gasteiger partial charge in [-0.25, -0.2) is 8.42 Å². The van der Waals surface area contributed by atoms with Gasteiger partial charge in [0.05, 0.1) is 11.5 Å². The maximum Gasteiger partial charge on any atom is 0.152 e. The number of nitrogens with one attached hydrogen (secondary N) is 1. The molecule has 0 spiro atoms. The molecule has 2 atom stereocenters. The van der Waals surface area contributed by atoms with Crippen LogP contribution < -0.4 is 5.32 Å². The minimum Gasteiger partial charge on any atom is -0.304 e. The second kappa shape index (κ2) is 4.47. The molecule has 19 heavy (non-hydrogen) atoms. The quantitative estimate of drug-likeness (QED) is 0.912. The van der Waals surface area contributed by atoms with Gasteiger partial charge in [-0.3, -0.25) is 0 Å². The van der Waals surface area contributed by atoms with Crippen molar-refractivity contribution >= 4 is 21.4 Å². The Morgan fingerprint density at radius 2 is 2.21 bits per heavy atom. The van der Waals surface area contributed by atoms with E-state index in [9.17, 15) is 8.42 Å². The summed E-state index contributed by atoms with van der Waals surface area (Å²) in [6.45, 7) is 2.02. The van der Waals surface area contributed by atoms with E-state index in [4.69, 9.17) is 11.6 Å². The summed E-state index contributed by atoms with van der Waals surface area (Å²) in [6, 6.07) is 6.25. The van der Waals surface area contributed by atoms with E-state index in [0.29, 0.717) is 12.2 Å². The Morgan fingerprint density at radius 3 is 2.89 bits per heavy atom. The number of hydrogen-bond acceptors (Lipinski definition) is 3. The molecule has 1 aromatic rings. The summed E-state index contributed by atoms with van der Waals surface area (Å²) in [7, 11) is -2.86. The standard InChI is InChI=1S/C14H18ClNO2S/c1-14(6-7-19(17,18)9-14)16-13-5-2-10-8-11(15)3-4-12(10)13/h3-4,8,13,16H,2,5-7,9H2,1H3. The molecule has 5 heteroatoms. The summed E-state index contributed by atoms with van der Waals surface area (Å²) >= 11 is 6.01. The summed E-state index contributed by atoms with van der Waals surface area (Å²) in [5.41, 5.74) is 2.27. The fraction of sp³-hybridized carbons (Fsp3) is 0.571. The van der Waals surface area contributed by atoms with E-state index in [1.165, 1.54) is 11.1 Å². The highest BCUT2D eigenvalue weighted by Crippen LogP contribution is 2.36. The Morgan fingerprint density at radius 1 is 1.42 bits per heavy atom. The van der Waals surface area contributed by atoms with E-state index in [-0.39, 0.29) is 17.3 Å². The van der Waals surface area contributed by atoms with Crippen LogP contribution >= 0.6 is 11.6 Å². The smallest absolute Gasteiger partial charge is 0.152 e. The van der Waals surface area contributed by atoms with Crippen molar-refractivity contribution in [2.75, 3.05) is 11.5 Å². The lowest BCUT2D eigenvalue weighted by Crippen LogP contribution is -2.44. The van der Waals surface area contributed by atoms with Gasteiger partial charge in [0.2, 0.25) is 0 Å². The minimum absolute atomic E-state index is 0.249. The van der Waals surface area contributed by atoms with E-state index >= 15 is 0 Å². The second-order valence-electron chi connectivity index (χ2n) is 5.98. The topological polar surface area (TPSA) is 46.2 Å². The number of benzene rings is 1. The summed E-state index contributed by atoms with van der Waals surface area (Å²) in [6.07, 6.45) is 2.73. The van der Waals surface area contributed by atoms with E-state index in [1.807, 2.05) is 19.1 Å². The van der Waals surface area contributed by atoms with Gasteiger partial charge in [-0.1, -0.05) is 17.7 Å². The van der Waals surface area contributed by atoms with E-state index in [2.05, 4.69) is 11.4 Å². The number of halogens is 1. The molecule has 2 aliphatic rings. The van der Waals surface area contributed by atoms with Gasteiger partial charge in [-0.05, 0) is 49.4 Å². The molecule has 2 unspecified atom stereocenters. The average Bonchev–Trinajstić information content (AvgIpc) is 2.80. The van der Waals surface area contributed by atoms with E-state index < -0.39 is 9.84 Å². The molecule has 1 heterocycles. The van der Waals surface area contributed by atoms with Gasteiger partial charge in [0.1, 0.15) is 0 Å². The van der Waals surface area contributed by atoms with Crippen molar-refractivity contribution in [1.82, 2.24) is 5.32 Å². The first-order valence-corrected chi connectivity index (χ1v) is 8.83. The molecule has 0 saturated carbocycles. The third-order valence-electron chi connectivity index (χ3n) is 4.21. The zero-order chi connectivity index (χ0) is 13.7. The number of aryl methyl sites for hydroxylation is 1. The Bertz CT molecular complexity index is 614. The van der Waals surface area contributed by atoms with Gasteiger partial charge >= 0.3 is 0 Å². The first-order chi connectivity index (χ1) is 8.87. The second-order valence-corrected chi connectivity index (χ2v) is 8.60. The zero-order valence-electron chi connectivity index (χ0n) is 10.9. The Balaban J connectivity index is 1.80. The van der Waals surface area contributed by atoms with Crippen molar-refractivity contribution in [2.24, 2.45) is 0 Å². The van der Waals surface area contributed by atoms with Crippen LogP contribution in [0.25, 0.3) is 0 Å². The fourth-order valence-corrected chi connectivity index (χ4v) is 5.58. The maximum atomic E-state index is 11.7. The molecule has 1 fully saturated rings. The van der Waals surface area contributed by atoms with Crippen molar-refractivity contribution in [3.63, 3.8) is 0 Å². The average molecular weight is 300 g/mol. The molecule has 3 rings (SSSR count). The lowest BCUT2D eigenvalue weighted by atomic mass is 9.98. The molecule has 1 aromatic carbocycles. The zero-order valence-corrected chi connectivity index (χ0v) is 12.5. The van der Waals surface area contributed by atoms with Gasteiger partial charge < -0.3 is 5.32 Å². The number of sulfone groups is 1.